The van der Waals surface area contributed by atoms with E-state index in [2.05, 4.69) is 6.08 Å². The highest BCUT2D eigenvalue weighted by Crippen LogP contribution is 2.34. The Morgan fingerprint density at radius 3 is 2.26 bits per heavy atom. The largest absolute Gasteiger partial charge is 0.498 e. The quantitative estimate of drug-likeness (QED) is 0.412. The van der Waals surface area contributed by atoms with Crippen LogP contribution in [0.15, 0.2) is 72.5 Å². The lowest BCUT2D eigenvalue weighted by Gasteiger charge is -2.29. The average Bonchev–Trinajstić information content (AvgIpc) is 2.86. The number of halogens is 3. The number of allylic oxidation sites excluding steroid dienone is 6. The number of hydrogen-bond acceptors (Lipinski definition) is 3. The zero-order valence-electron chi connectivity index (χ0n) is 19.3. The summed E-state index contributed by atoms with van der Waals surface area (Å²) in [5.74, 6) is -0.503. The second-order valence-electron chi connectivity index (χ2n) is 8.45. The second-order valence-corrected chi connectivity index (χ2v) is 8.45. The highest BCUT2D eigenvalue weighted by molar-refractivity contribution is 5.75. The van der Waals surface area contributed by atoms with Crippen molar-refractivity contribution < 1.29 is 27.4 Å². The second kappa shape index (κ2) is 11.1. The van der Waals surface area contributed by atoms with Gasteiger partial charge in [-0.3, -0.25) is 0 Å². The predicted molar refractivity (Wildman–Crippen MR) is 127 cm³/mol. The highest BCUT2D eigenvalue weighted by atomic mass is 19.2. The molecule has 2 aliphatic rings. The Morgan fingerprint density at radius 2 is 1.62 bits per heavy atom. The Labute approximate surface area is 198 Å². The van der Waals surface area contributed by atoms with Gasteiger partial charge < -0.3 is 14.2 Å². The molecule has 0 amide bonds. The fourth-order valence-corrected chi connectivity index (χ4v) is 4.27. The summed E-state index contributed by atoms with van der Waals surface area (Å²) in [5, 5.41) is 0. The standard InChI is InChI=1S/C28H29F3O3/c1-3-4-5-6-26-33-16-21(17-34-26)22-12-11-20(15-24(22)29)18-7-9-19(10-8-18)23-13-14-25(32-2)28(31)27(23)30/h3-4,7-15,21,26-28H,5-6,16-17H2,1-2H3/b4-3+. The SMILES string of the molecule is C/C=C/CCC1OCC(c2ccc(-c3ccc(C4=CC=C(OC)C(F)C4F)cc3)cc2F)CO1. The number of ether oxygens (including phenoxy) is 3. The van der Waals surface area contributed by atoms with E-state index in [9.17, 15) is 13.2 Å². The van der Waals surface area contributed by atoms with Gasteiger partial charge in [-0.15, -0.1) is 0 Å². The van der Waals surface area contributed by atoms with E-state index in [0.717, 1.165) is 18.4 Å². The van der Waals surface area contributed by atoms with E-state index in [1.54, 1.807) is 30.3 Å². The molecule has 0 spiro atoms. The molecular formula is C28H29F3O3. The Morgan fingerprint density at radius 1 is 0.941 bits per heavy atom. The topological polar surface area (TPSA) is 27.7 Å². The number of benzene rings is 2. The summed E-state index contributed by atoms with van der Waals surface area (Å²) in [6.45, 7) is 2.81. The van der Waals surface area contributed by atoms with E-state index >= 15 is 0 Å². The van der Waals surface area contributed by atoms with E-state index in [1.165, 1.54) is 25.3 Å². The van der Waals surface area contributed by atoms with Gasteiger partial charge in [0, 0.05) is 12.3 Å². The molecule has 2 aromatic carbocycles. The molecule has 4 rings (SSSR count). The minimum atomic E-state index is -1.83. The van der Waals surface area contributed by atoms with Crippen LogP contribution >= 0.6 is 0 Å². The molecule has 0 bridgehead atoms. The molecule has 1 fully saturated rings. The third-order valence-electron chi connectivity index (χ3n) is 6.25. The van der Waals surface area contributed by atoms with Crippen LogP contribution in [0.25, 0.3) is 16.7 Å². The number of methoxy groups -OCH3 is 1. The molecule has 6 heteroatoms. The van der Waals surface area contributed by atoms with E-state index in [4.69, 9.17) is 14.2 Å². The Hall–Kier alpha value is -2.83. The first kappa shape index (κ1) is 24.3. The predicted octanol–water partition coefficient (Wildman–Crippen LogP) is 6.91. The van der Waals surface area contributed by atoms with Gasteiger partial charge >= 0.3 is 0 Å². The van der Waals surface area contributed by atoms with Crippen molar-refractivity contribution in [1.29, 1.82) is 0 Å². The zero-order chi connectivity index (χ0) is 24.1. The minimum absolute atomic E-state index is 0.0265. The first-order valence-electron chi connectivity index (χ1n) is 11.5. The molecule has 2 atom stereocenters. The maximum absolute atomic E-state index is 15.0. The van der Waals surface area contributed by atoms with Crippen LogP contribution in [-0.2, 0) is 14.2 Å². The van der Waals surface area contributed by atoms with Crippen LogP contribution in [0.5, 0.6) is 0 Å². The van der Waals surface area contributed by atoms with Gasteiger partial charge in [0.15, 0.2) is 18.6 Å². The van der Waals surface area contributed by atoms with Crippen molar-refractivity contribution in [3.05, 3.63) is 89.5 Å². The Bertz CT molecular complexity index is 1070. The molecule has 34 heavy (non-hydrogen) atoms. The molecule has 1 aliphatic heterocycles. The summed E-state index contributed by atoms with van der Waals surface area (Å²) in [6, 6.07) is 12.1. The summed E-state index contributed by atoms with van der Waals surface area (Å²) in [7, 11) is 1.32. The fraction of sp³-hybridized carbons (Fsp3) is 0.357. The molecule has 1 saturated heterocycles. The maximum atomic E-state index is 15.0. The van der Waals surface area contributed by atoms with Gasteiger partial charge in [-0.25, -0.2) is 13.2 Å². The summed E-state index contributed by atoms with van der Waals surface area (Å²) in [5.41, 5.74) is 2.88. The average molecular weight is 471 g/mol. The van der Waals surface area contributed by atoms with Crippen LogP contribution in [0.2, 0.25) is 0 Å². The van der Waals surface area contributed by atoms with Crippen molar-refractivity contribution in [1.82, 2.24) is 0 Å². The number of alkyl halides is 2. The van der Waals surface area contributed by atoms with E-state index in [0.29, 0.717) is 29.9 Å². The van der Waals surface area contributed by atoms with Crippen LogP contribution in [0.3, 0.4) is 0 Å². The van der Waals surface area contributed by atoms with Crippen LogP contribution in [0, 0.1) is 5.82 Å². The summed E-state index contributed by atoms with van der Waals surface area (Å²) in [4.78, 5) is 0. The van der Waals surface area contributed by atoms with E-state index in [-0.39, 0.29) is 29.4 Å². The van der Waals surface area contributed by atoms with Gasteiger partial charge in [0.1, 0.15) is 11.6 Å². The molecule has 1 heterocycles. The highest BCUT2D eigenvalue weighted by Gasteiger charge is 2.32. The molecule has 3 nitrogen and oxygen atoms in total. The summed E-state index contributed by atoms with van der Waals surface area (Å²) in [6.07, 6.45) is 4.82. The first-order chi connectivity index (χ1) is 16.5. The number of hydrogen-bond donors (Lipinski definition) is 0. The molecule has 0 saturated carbocycles. The van der Waals surface area contributed by atoms with Crippen LogP contribution in [0.4, 0.5) is 13.2 Å². The molecular weight excluding hydrogens is 441 g/mol. The Kier molecular flexibility index (Phi) is 7.91. The van der Waals surface area contributed by atoms with Gasteiger partial charge in [0.05, 0.1) is 20.3 Å². The smallest absolute Gasteiger partial charge is 0.192 e. The lowest BCUT2D eigenvalue weighted by atomic mass is 9.91. The third-order valence-corrected chi connectivity index (χ3v) is 6.25. The normalized spacial score (nSPS) is 25.2. The van der Waals surface area contributed by atoms with Gasteiger partial charge in [0.25, 0.3) is 0 Å². The summed E-state index contributed by atoms with van der Waals surface area (Å²) >= 11 is 0. The van der Waals surface area contributed by atoms with Crippen LogP contribution in [-0.4, -0.2) is 39.0 Å². The van der Waals surface area contributed by atoms with Crippen LogP contribution < -0.4 is 0 Å². The fourth-order valence-electron chi connectivity index (χ4n) is 4.27. The molecule has 2 unspecified atom stereocenters. The molecule has 180 valence electrons. The third kappa shape index (κ3) is 5.29. The van der Waals surface area contributed by atoms with Gasteiger partial charge in [-0.05, 0) is 53.3 Å². The minimum Gasteiger partial charge on any atom is -0.498 e. The summed E-state index contributed by atoms with van der Waals surface area (Å²) < 4.78 is 60.1. The van der Waals surface area contributed by atoms with E-state index < -0.39 is 12.3 Å². The van der Waals surface area contributed by atoms with Crippen LogP contribution in [0.1, 0.15) is 36.8 Å². The lowest BCUT2D eigenvalue weighted by molar-refractivity contribution is -0.189. The Balaban J connectivity index is 1.43. The van der Waals surface area contributed by atoms with Crippen molar-refractivity contribution in [3.63, 3.8) is 0 Å². The first-order valence-corrected chi connectivity index (χ1v) is 11.5. The zero-order valence-corrected chi connectivity index (χ0v) is 19.3. The molecule has 1 aliphatic carbocycles. The van der Waals surface area contributed by atoms with Gasteiger partial charge in [-0.1, -0.05) is 54.6 Å². The van der Waals surface area contributed by atoms with Crippen molar-refractivity contribution in [3.8, 4) is 11.1 Å². The molecule has 2 aromatic rings. The lowest BCUT2D eigenvalue weighted by Crippen LogP contribution is -2.31. The van der Waals surface area contributed by atoms with Gasteiger partial charge in [-0.2, -0.15) is 0 Å². The molecule has 0 radical (unpaired) electrons. The molecule has 0 aromatic heterocycles. The number of rotatable bonds is 7. The molecule has 0 N–H and O–H groups in total. The van der Waals surface area contributed by atoms with Crippen molar-refractivity contribution in [2.45, 2.75) is 44.3 Å². The maximum Gasteiger partial charge on any atom is 0.192 e. The van der Waals surface area contributed by atoms with Crippen molar-refractivity contribution in [2.75, 3.05) is 20.3 Å². The van der Waals surface area contributed by atoms with E-state index in [1.807, 2.05) is 19.1 Å². The monoisotopic (exact) mass is 470 g/mol. The van der Waals surface area contributed by atoms with Crippen molar-refractivity contribution >= 4 is 5.57 Å². The van der Waals surface area contributed by atoms with Gasteiger partial charge in [0.2, 0.25) is 0 Å². The van der Waals surface area contributed by atoms with Crippen molar-refractivity contribution in [2.24, 2.45) is 0 Å².